The number of carboxylic acid groups (broad SMARTS) is 1. The zero-order chi connectivity index (χ0) is 107. The molecule has 4 unspecified atom stereocenters. The number of aliphatic imine (C=N–C) groups is 2. The fraction of sp³-hybridized carbons (Fsp3) is 0.547. The number of aliphatic carboxylic acids is 1. The molecule has 1 saturated heterocycles. The molecule has 18 atom stereocenters. The highest BCUT2D eigenvalue weighted by Gasteiger charge is 2.51. The summed E-state index contributed by atoms with van der Waals surface area (Å²) in [5.74, 6) is -10.2. The maximum absolute atomic E-state index is 13.4. The van der Waals surface area contributed by atoms with Gasteiger partial charge >= 0.3 is 72.8 Å². The third-order valence-corrected chi connectivity index (χ3v) is 27.0. The molecule has 0 spiro atoms. The van der Waals surface area contributed by atoms with Crippen molar-refractivity contribution in [1.29, 1.82) is 0 Å². The summed E-state index contributed by atoms with van der Waals surface area (Å²) < 4.78 is 66.9. The Bertz CT molecular complexity index is 5590. The number of esters is 10. The molecule has 5 aliphatic rings. The summed E-state index contributed by atoms with van der Waals surface area (Å²) in [6.07, 6.45) is 13.5. The standard InChI is InChI=1S/C51H64BrN5O14.C44H63BO15.C11H10BrN5/c1-30(58)13-9-6-7-12-16-37-38(42(60)29-41(37)59)20-19-36(18-17-35-14-10-8-11-15-35)71-44(62)24-23-43(61)67-32(3)48(64)69-34(5)50(66)70-33(4)49(65)68-31(2)47(63)57-28-27-55-51(57)56-39-21-22-40-46(45(39)52)54-26-25-53-40;1-7-8-26-45-59-37-27-38(60-45)36(35(37)19-15-10-9-12-16-28(2)46)23-22-34(21-20-33-17-13-11-14-18-33)58-40(48)25-24-39(47)54-30(4)42(51)56-32(6)44(53)57-31(5)43(52)55-29(3)41(49)50;12-9-7(17-11-15-5-6-16-11)1-2-8-10(9)14-4-3-13-8/h7-8,10-12,14-15,21-22,25-26,31-34,36-38,41-42,59-60H,6,9,13,16-20,23-24,27-29H2,1-5H3,(H,55,56);10-11,13-15,17-18,29-32,34-38H,7-9,12,16,19-27H2,1-6H3,(H,49,50);1-4H,5-6H2,(H2,15,16,17)/b12-7-;15-10-;/t31?,32?,33?,34?,36-,37+,38+,41-,42+;29-,30-,31-,32-,34+,35-,36-,37+,38-;/m01./s1. The summed E-state index contributed by atoms with van der Waals surface area (Å²) in [6, 6.07) is 27.0. The lowest BCUT2D eigenvalue weighted by molar-refractivity contribution is -0.184. The molecule has 1 amide bonds. The smallest absolute Gasteiger partial charge is 0.457 e. The van der Waals surface area contributed by atoms with E-state index in [4.69, 9.17) is 57.0 Å². The highest BCUT2D eigenvalue weighted by molar-refractivity contribution is 9.11. The van der Waals surface area contributed by atoms with Crippen LogP contribution in [0.5, 0.6) is 0 Å². The van der Waals surface area contributed by atoms with Crippen molar-refractivity contribution < 1.29 is 139 Å². The zero-order valence-corrected chi connectivity index (χ0v) is 88.7. The Labute approximate surface area is 878 Å². The number of benzene rings is 4. The highest BCUT2D eigenvalue weighted by Crippen LogP contribution is 2.46. The number of hydrogen-bond acceptors (Lipinski definition) is 37. The van der Waals surface area contributed by atoms with Gasteiger partial charge in [-0.1, -0.05) is 105 Å². The van der Waals surface area contributed by atoms with Gasteiger partial charge < -0.3 is 97.5 Å². The Morgan fingerprint density at radius 3 is 1.32 bits per heavy atom. The van der Waals surface area contributed by atoms with Crippen molar-refractivity contribution >= 4 is 167 Å². The Morgan fingerprint density at radius 1 is 0.459 bits per heavy atom. The Kier molecular flexibility index (Phi) is 49.6. The van der Waals surface area contributed by atoms with Gasteiger partial charge in [0.1, 0.15) is 34.8 Å². The minimum Gasteiger partial charge on any atom is -0.479 e. The average Bonchev–Trinajstić information content (AvgIpc) is 1.63. The molecule has 2 saturated carbocycles. The lowest BCUT2D eigenvalue weighted by Gasteiger charge is -2.28. The van der Waals surface area contributed by atoms with Gasteiger partial charge in [-0.25, -0.2) is 33.6 Å². The van der Waals surface area contributed by atoms with E-state index in [0.717, 1.165) is 129 Å². The summed E-state index contributed by atoms with van der Waals surface area (Å²) in [6.45, 7) is 17.2. The third-order valence-electron chi connectivity index (χ3n) is 25.4. The van der Waals surface area contributed by atoms with E-state index in [1.54, 1.807) is 50.8 Å². The van der Waals surface area contributed by atoms with Crippen molar-refractivity contribution in [3.8, 4) is 0 Å². The molecule has 6 aromatic rings. The number of fused-ring (bicyclic) bond motifs is 4. The molecule has 3 fully saturated rings. The SMILES string of the molecule is Brc1c(NC2=NCCN2)ccc2nccnc12.CC(=O)CCC/C=C\C[C@@H]1[C@@H](CC[C@H](CCc2ccccc2)OC(=O)CCC(=O)OC(C)C(=O)OC(C)C(=O)OC(C)C(=O)OC(C)C(=O)N2CCN=C2Nc2ccc3nccnc3c2Br)[C@H](O)C[C@@H]1O.CCCCB1O[C@H]2C[C@@H](O1)[C@H](CC[C@H](CCc1ccccc1)OC(=O)CCC(=O)O[C@H](C)C(=O)O[C@H](C)C(=O)O[C@H](C)C(=O)O[C@H](C)C(=O)O)[C@H]2C/C=C\CCCC(C)=O. The number of Topliss-reactive ketones (excluding diaryl/α,β-unsaturated/α-hetero) is 2. The normalized spacial score (nSPS) is 19.6. The fourth-order valence-electron chi connectivity index (χ4n) is 17.2. The van der Waals surface area contributed by atoms with Crippen LogP contribution in [0.4, 0.5) is 11.4 Å². The number of nitrogens with zero attached hydrogens (tertiary/aromatic N) is 7. The molecule has 4 aromatic carbocycles. The maximum Gasteiger partial charge on any atom is 0.457 e. The number of carbonyl (C=O) groups excluding carboxylic acids is 13. The van der Waals surface area contributed by atoms with Crippen molar-refractivity contribution in [2.75, 3.05) is 36.8 Å². The minimum absolute atomic E-state index is 0.0333. The van der Waals surface area contributed by atoms with Crippen molar-refractivity contribution in [2.24, 2.45) is 33.7 Å². The number of nitrogens with one attached hydrogen (secondary N) is 3. The van der Waals surface area contributed by atoms with Crippen molar-refractivity contribution in [3.63, 3.8) is 0 Å². The van der Waals surface area contributed by atoms with Gasteiger partial charge in [0.05, 0.1) is 82.3 Å². The second kappa shape index (κ2) is 61.5. The number of ketones is 2. The Balaban J connectivity index is 0.000000284. The first-order valence-electron chi connectivity index (χ1n) is 50.6. The molecule has 39 nitrogen and oxygen atoms in total. The number of aryl methyl sites for hydroxylation is 2. The van der Waals surface area contributed by atoms with Gasteiger partial charge in [-0.2, -0.15) is 0 Å². The molecule has 11 rings (SSSR count). The first-order chi connectivity index (χ1) is 70.8. The Morgan fingerprint density at radius 2 is 0.872 bits per heavy atom. The average molecular weight is 2190 g/mol. The number of guanidine groups is 2. The number of hydrogen-bond donors (Lipinski definition) is 6. The number of halogens is 2. The van der Waals surface area contributed by atoms with Gasteiger partial charge in [-0.15, -0.1) is 0 Å². The summed E-state index contributed by atoms with van der Waals surface area (Å²) >= 11 is 7.06. The van der Waals surface area contributed by atoms with Crippen molar-refractivity contribution in [1.82, 2.24) is 30.2 Å². The van der Waals surface area contributed by atoms with Crippen LogP contribution in [-0.2, 0) is 137 Å². The molecular formula is C106H137BBr2N10O29. The van der Waals surface area contributed by atoms with Gasteiger partial charge in [0, 0.05) is 62.9 Å². The molecule has 2 bridgehead atoms. The predicted molar refractivity (Wildman–Crippen MR) is 551 cm³/mol. The second-order valence-electron chi connectivity index (χ2n) is 37.1. The molecule has 0 radical (unpaired) electrons. The molecule has 2 aromatic heterocycles. The number of amides is 1. The summed E-state index contributed by atoms with van der Waals surface area (Å²) in [4.78, 5) is 201. The number of aliphatic hydroxyl groups is 2. The van der Waals surface area contributed by atoms with Gasteiger partial charge in [0.25, 0.3) is 5.91 Å². The minimum atomic E-state index is -1.54. The molecule has 802 valence electrons. The highest BCUT2D eigenvalue weighted by atomic mass is 79.9. The molecule has 42 heteroatoms. The monoisotopic (exact) mass is 2180 g/mol. The van der Waals surface area contributed by atoms with Crippen LogP contribution in [0.1, 0.15) is 229 Å². The van der Waals surface area contributed by atoms with E-state index in [1.165, 1.54) is 46.4 Å². The molecular weight excluding hydrogens is 2050 g/mol. The number of aromatic nitrogens is 4. The van der Waals surface area contributed by atoms with Crippen LogP contribution in [0.2, 0.25) is 6.32 Å². The molecule has 5 heterocycles. The number of unbranched alkanes of at least 4 members (excludes halogenated alkanes) is 3. The fourth-order valence-corrected chi connectivity index (χ4v) is 18.3. The zero-order valence-electron chi connectivity index (χ0n) is 85.5. The number of anilines is 2. The molecule has 148 heavy (non-hydrogen) atoms. The van der Waals surface area contributed by atoms with Crippen LogP contribution < -0.4 is 16.0 Å². The van der Waals surface area contributed by atoms with Crippen LogP contribution in [-0.4, -0.2) is 254 Å². The van der Waals surface area contributed by atoms with Crippen molar-refractivity contribution in [3.05, 3.63) is 154 Å². The van der Waals surface area contributed by atoms with E-state index < -0.39 is 151 Å². The van der Waals surface area contributed by atoms with Gasteiger partial charge in [0.15, 0.2) is 54.8 Å². The third kappa shape index (κ3) is 39.3. The molecule has 6 N–H and O–H groups in total. The quantitative estimate of drug-likeness (QED) is 0.00679. The van der Waals surface area contributed by atoms with Crippen LogP contribution in [0.25, 0.3) is 22.1 Å². The summed E-state index contributed by atoms with van der Waals surface area (Å²) in [7, 11) is -0.236. The number of allylic oxidation sites excluding steroid dienone is 4. The molecule has 3 aliphatic heterocycles. The number of ether oxygens (including phenoxy) is 10. The van der Waals surface area contributed by atoms with Crippen molar-refractivity contribution in [2.45, 2.75) is 322 Å². The lowest BCUT2D eigenvalue weighted by Crippen LogP contribution is -2.45. The van der Waals surface area contributed by atoms with Crippen LogP contribution in [0.15, 0.2) is 153 Å². The van der Waals surface area contributed by atoms with Gasteiger partial charge in [-0.3, -0.25) is 58.8 Å². The van der Waals surface area contributed by atoms with E-state index >= 15 is 0 Å². The number of aliphatic hydroxyl groups excluding tert-OH is 2. The largest absolute Gasteiger partial charge is 0.479 e. The van der Waals surface area contributed by atoms with E-state index in [2.05, 4.69) is 102 Å². The van der Waals surface area contributed by atoms with E-state index in [1.807, 2.05) is 84.9 Å². The van der Waals surface area contributed by atoms with E-state index in [9.17, 15) is 77.3 Å². The van der Waals surface area contributed by atoms with E-state index in [-0.39, 0.29) is 92.8 Å². The Hall–Kier alpha value is -12.4. The second-order valence-corrected chi connectivity index (χ2v) is 38.7. The maximum atomic E-state index is 13.4. The van der Waals surface area contributed by atoms with Gasteiger partial charge in [0.2, 0.25) is 5.96 Å². The topological polar surface area (TPSA) is 526 Å². The van der Waals surface area contributed by atoms with Crippen LogP contribution >= 0.6 is 31.9 Å². The van der Waals surface area contributed by atoms with Gasteiger partial charge in [-0.05, 0) is 269 Å². The summed E-state index contributed by atoms with van der Waals surface area (Å²) in [5.41, 5.74) is 6.63. The van der Waals surface area contributed by atoms with Crippen LogP contribution in [0, 0.1) is 23.7 Å². The predicted octanol–water partition coefficient (Wildman–Crippen LogP) is 14.0. The van der Waals surface area contributed by atoms with Crippen LogP contribution in [0.3, 0.4) is 0 Å². The lowest BCUT2D eigenvalue weighted by atomic mass is 9.80. The first-order valence-corrected chi connectivity index (χ1v) is 52.2. The van der Waals surface area contributed by atoms with E-state index in [0.29, 0.717) is 91.9 Å². The molecule has 2 aliphatic carbocycles. The first kappa shape index (κ1) is 119. The summed E-state index contributed by atoms with van der Waals surface area (Å²) in [5, 5.41) is 40.0. The number of carbonyl (C=O) groups is 14. The number of carboxylic acids is 1. The number of rotatable bonds is 53.